The van der Waals surface area contributed by atoms with Crippen molar-refractivity contribution in [2.24, 2.45) is 0 Å². The third kappa shape index (κ3) is 3.32. The molecule has 0 unspecified atom stereocenters. The Kier molecular flexibility index (Phi) is 3.85. The Hall–Kier alpha value is -1.88. The van der Waals surface area contributed by atoms with Crippen molar-refractivity contribution in [3.63, 3.8) is 0 Å². The Balaban J connectivity index is 2.32. The molecule has 0 spiro atoms. The van der Waals surface area contributed by atoms with Gasteiger partial charge in [-0.2, -0.15) is 0 Å². The maximum atomic E-state index is 13.1. The van der Waals surface area contributed by atoms with Gasteiger partial charge in [0.25, 0.3) is 0 Å². The van der Waals surface area contributed by atoms with Gasteiger partial charge >= 0.3 is 5.97 Å². The number of carboxylic acid groups (broad SMARTS) is 1. The molecule has 0 saturated heterocycles. The molecule has 0 heterocycles. The van der Waals surface area contributed by atoms with Gasteiger partial charge in [-0.25, -0.2) is 9.18 Å². The molecule has 3 nitrogen and oxygen atoms in total. The van der Waals surface area contributed by atoms with Crippen molar-refractivity contribution in [2.75, 3.05) is 0 Å². The van der Waals surface area contributed by atoms with Crippen molar-refractivity contribution in [2.45, 2.75) is 6.92 Å². The minimum absolute atomic E-state index is 0.114. The number of rotatable bonds is 3. The zero-order valence-corrected chi connectivity index (χ0v) is 11.6. The van der Waals surface area contributed by atoms with E-state index in [1.165, 1.54) is 24.3 Å². The van der Waals surface area contributed by atoms with Crippen LogP contribution in [0, 0.1) is 12.7 Å². The molecule has 0 aliphatic heterocycles. The average Bonchev–Trinajstić information content (AvgIpc) is 2.33. The molecule has 2 rings (SSSR count). The lowest BCUT2D eigenvalue weighted by molar-refractivity contribution is 0.0696. The quantitative estimate of drug-likeness (QED) is 0.910. The number of hydrogen-bond donors (Lipinski definition) is 1. The zero-order valence-electron chi connectivity index (χ0n) is 9.98. The van der Waals surface area contributed by atoms with Crippen molar-refractivity contribution < 1.29 is 19.0 Å². The van der Waals surface area contributed by atoms with Gasteiger partial charge in [-0.1, -0.05) is 15.9 Å². The van der Waals surface area contributed by atoms with Crippen LogP contribution in [0.5, 0.6) is 11.5 Å². The lowest BCUT2D eigenvalue weighted by atomic mass is 10.2. The van der Waals surface area contributed by atoms with E-state index >= 15 is 0 Å². The van der Waals surface area contributed by atoms with E-state index in [1.807, 2.05) is 0 Å². The molecule has 5 heteroatoms. The van der Waals surface area contributed by atoms with Crippen LogP contribution in [0.4, 0.5) is 4.39 Å². The summed E-state index contributed by atoms with van der Waals surface area (Å²) < 4.78 is 19.3. The Labute approximate surface area is 117 Å². The predicted octanol–water partition coefficient (Wildman–Crippen LogP) is 4.39. The summed E-state index contributed by atoms with van der Waals surface area (Å²) in [6.07, 6.45) is 0. The summed E-state index contributed by atoms with van der Waals surface area (Å²) in [4.78, 5) is 10.9. The molecule has 1 N–H and O–H groups in total. The first-order valence-corrected chi connectivity index (χ1v) is 6.23. The minimum Gasteiger partial charge on any atom is -0.478 e. The molecular weight excluding hydrogens is 315 g/mol. The monoisotopic (exact) mass is 324 g/mol. The van der Waals surface area contributed by atoms with Crippen LogP contribution < -0.4 is 4.74 Å². The number of carboxylic acids is 1. The molecule has 0 atom stereocenters. The Morgan fingerprint density at radius 2 is 1.95 bits per heavy atom. The Morgan fingerprint density at radius 3 is 2.58 bits per heavy atom. The van der Waals surface area contributed by atoms with E-state index in [-0.39, 0.29) is 11.4 Å². The summed E-state index contributed by atoms with van der Waals surface area (Å²) in [5.41, 5.74) is 0.578. The van der Waals surface area contributed by atoms with Crippen LogP contribution in [0.1, 0.15) is 15.9 Å². The molecule has 2 aromatic rings. The van der Waals surface area contributed by atoms with E-state index < -0.39 is 5.97 Å². The second-order valence-electron chi connectivity index (χ2n) is 3.99. The number of ether oxygens (including phenoxy) is 1. The first kappa shape index (κ1) is 13.5. The van der Waals surface area contributed by atoms with Crippen molar-refractivity contribution in [3.8, 4) is 11.5 Å². The molecule has 0 amide bonds. The fraction of sp³-hybridized carbons (Fsp3) is 0.0714. The zero-order chi connectivity index (χ0) is 14.0. The highest BCUT2D eigenvalue weighted by Crippen LogP contribution is 2.27. The third-order valence-corrected chi connectivity index (χ3v) is 2.94. The van der Waals surface area contributed by atoms with Gasteiger partial charge in [0.2, 0.25) is 0 Å². The molecule has 0 fully saturated rings. The van der Waals surface area contributed by atoms with Crippen LogP contribution in [0.25, 0.3) is 0 Å². The fourth-order valence-electron chi connectivity index (χ4n) is 1.56. The van der Waals surface area contributed by atoms with Gasteiger partial charge in [-0.15, -0.1) is 0 Å². The molecule has 0 aliphatic carbocycles. The highest BCUT2D eigenvalue weighted by molar-refractivity contribution is 9.10. The number of aryl methyl sites for hydroxylation is 1. The Bertz CT molecular complexity index is 641. The van der Waals surface area contributed by atoms with Crippen LogP contribution in [0.15, 0.2) is 40.9 Å². The standard InChI is InChI=1S/C14H10BrFO3/c1-8-4-11(2-3-13(8)16)19-12-6-9(14(17)18)5-10(15)7-12/h2-7H,1H3,(H,17,18). The van der Waals surface area contributed by atoms with E-state index in [4.69, 9.17) is 9.84 Å². The molecular formula is C14H10BrFO3. The summed E-state index contributed by atoms with van der Waals surface area (Å²) in [7, 11) is 0. The molecule has 0 radical (unpaired) electrons. The van der Waals surface area contributed by atoms with Gasteiger partial charge < -0.3 is 9.84 Å². The maximum Gasteiger partial charge on any atom is 0.335 e. The summed E-state index contributed by atoms with van der Waals surface area (Å²) in [5.74, 6) is -0.527. The van der Waals surface area contributed by atoms with Gasteiger partial charge in [-0.05, 0) is 48.9 Å². The lowest BCUT2D eigenvalue weighted by Gasteiger charge is -2.08. The number of benzene rings is 2. The summed E-state index contributed by atoms with van der Waals surface area (Å²) >= 11 is 3.22. The van der Waals surface area contributed by atoms with Crippen molar-refractivity contribution >= 4 is 21.9 Å². The lowest BCUT2D eigenvalue weighted by Crippen LogP contribution is -1.97. The first-order chi connectivity index (χ1) is 8.95. The van der Waals surface area contributed by atoms with Crippen LogP contribution in [0.2, 0.25) is 0 Å². The van der Waals surface area contributed by atoms with Crippen molar-refractivity contribution in [1.29, 1.82) is 0 Å². The minimum atomic E-state index is -1.04. The molecule has 2 aromatic carbocycles. The average molecular weight is 325 g/mol. The number of carbonyl (C=O) groups is 1. The van der Waals surface area contributed by atoms with Gasteiger partial charge in [-0.3, -0.25) is 0 Å². The number of halogens is 2. The van der Waals surface area contributed by atoms with Gasteiger partial charge in [0, 0.05) is 4.47 Å². The molecule has 0 bridgehead atoms. The SMILES string of the molecule is Cc1cc(Oc2cc(Br)cc(C(=O)O)c2)ccc1F. The largest absolute Gasteiger partial charge is 0.478 e. The predicted molar refractivity (Wildman–Crippen MR) is 72.3 cm³/mol. The molecule has 0 saturated carbocycles. The molecule has 19 heavy (non-hydrogen) atoms. The van der Waals surface area contributed by atoms with Crippen LogP contribution in [-0.4, -0.2) is 11.1 Å². The van der Waals surface area contributed by atoms with E-state index in [0.717, 1.165) is 0 Å². The Morgan fingerprint density at radius 1 is 1.21 bits per heavy atom. The second kappa shape index (κ2) is 5.40. The van der Waals surface area contributed by atoms with Crippen molar-refractivity contribution in [3.05, 3.63) is 57.8 Å². The van der Waals surface area contributed by atoms with E-state index in [1.54, 1.807) is 19.1 Å². The fourth-order valence-corrected chi connectivity index (χ4v) is 2.03. The summed E-state index contributed by atoms with van der Waals surface area (Å²) in [6.45, 7) is 1.63. The molecule has 0 aliphatic rings. The van der Waals surface area contributed by atoms with Crippen LogP contribution in [-0.2, 0) is 0 Å². The van der Waals surface area contributed by atoms with Crippen molar-refractivity contribution in [1.82, 2.24) is 0 Å². The maximum absolute atomic E-state index is 13.1. The van der Waals surface area contributed by atoms with Crippen LogP contribution in [0.3, 0.4) is 0 Å². The molecule has 98 valence electrons. The van der Waals surface area contributed by atoms with E-state index in [9.17, 15) is 9.18 Å². The topological polar surface area (TPSA) is 46.5 Å². The first-order valence-electron chi connectivity index (χ1n) is 5.43. The summed E-state index contributed by atoms with van der Waals surface area (Å²) in [6, 6.07) is 8.88. The normalized spacial score (nSPS) is 10.3. The highest BCUT2D eigenvalue weighted by atomic mass is 79.9. The van der Waals surface area contributed by atoms with Gasteiger partial charge in [0.1, 0.15) is 17.3 Å². The summed E-state index contributed by atoms with van der Waals surface area (Å²) in [5, 5.41) is 8.95. The smallest absolute Gasteiger partial charge is 0.335 e. The van der Waals surface area contributed by atoms with E-state index in [0.29, 0.717) is 21.5 Å². The van der Waals surface area contributed by atoms with Gasteiger partial charge in [0.05, 0.1) is 5.56 Å². The highest BCUT2D eigenvalue weighted by Gasteiger charge is 2.08. The van der Waals surface area contributed by atoms with Gasteiger partial charge in [0.15, 0.2) is 0 Å². The third-order valence-electron chi connectivity index (χ3n) is 2.48. The number of hydrogen-bond acceptors (Lipinski definition) is 2. The molecule has 0 aromatic heterocycles. The second-order valence-corrected chi connectivity index (χ2v) is 4.91. The van der Waals surface area contributed by atoms with Crippen LogP contribution >= 0.6 is 15.9 Å². The number of aromatic carboxylic acids is 1. The van der Waals surface area contributed by atoms with E-state index in [2.05, 4.69) is 15.9 Å².